The molecular weight excluding hydrogens is 256 g/mol. The van der Waals surface area contributed by atoms with Gasteiger partial charge in [-0.15, -0.1) is 11.3 Å². The molecule has 0 saturated heterocycles. The van der Waals surface area contributed by atoms with Gasteiger partial charge in [-0.3, -0.25) is 0 Å². The number of thiophene rings is 1. The van der Waals surface area contributed by atoms with E-state index in [1.165, 1.54) is 10.4 Å². The molecule has 2 heterocycles. The lowest BCUT2D eigenvalue weighted by Gasteiger charge is -2.26. The molecule has 2 rings (SSSR count). The molecule has 96 valence electrons. The molecule has 0 saturated carbocycles. The van der Waals surface area contributed by atoms with E-state index in [1.54, 1.807) is 15.6 Å². The highest BCUT2D eigenvalue weighted by Gasteiger charge is 2.26. The fourth-order valence-electron chi connectivity index (χ4n) is 1.97. The Labute approximate surface area is 107 Å². The second-order valence-electron chi connectivity index (χ2n) is 4.12. The quantitative estimate of drug-likeness (QED) is 0.816. The Morgan fingerprint density at radius 1 is 1.53 bits per heavy atom. The van der Waals surface area contributed by atoms with E-state index in [1.807, 2.05) is 18.4 Å². The molecule has 0 fully saturated rings. The minimum absolute atomic E-state index is 0.195. The highest BCUT2D eigenvalue weighted by Crippen LogP contribution is 2.25. The van der Waals surface area contributed by atoms with Crippen molar-refractivity contribution in [1.82, 2.24) is 9.62 Å². The van der Waals surface area contributed by atoms with Gasteiger partial charge in [-0.05, 0) is 30.0 Å². The maximum atomic E-state index is 12.1. The second-order valence-corrected chi connectivity index (χ2v) is 7.21. The van der Waals surface area contributed by atoms with Crippen LogP contribution in [0, 0.1) is 0 Å². The van der Waals surface area contributed by atoms with Crippen LogP contribution < -0.4 is 5.32 Å². The molecule has 4 nitrogen and oxygen atoms in total. The molecule has 17 heavy (non-hydrogen) atoms. The number of hydrogen-bond acceptors (Lipinski definition) is 4. The summed E-state index contributed by atoms with van der Waals surface area (Å²) in [5.74, 6) is 0.195. The van der Waals surface area contributed by atoms with Crippen LogP contribution in [0.5, 0.6) is 0 Å². The average Bonchev–Trinajstić information content (AvgIpc) is 2.76. The number of rotatable bonds is 5. The fraction of sp³-hybridized carbons (Fsp3) is 0.636. The smallest absolute Gasteiger partial charge is 0.215 e. The number of sulfonamides is 1. The zero-order valence-corrected chi connectivity index (χ0v) is 11.6. The van der Waals surface area contributed by atoms with Crippen molar-refractivity contribution in [2.75, 3.05) is 25.4 Å². The molecule has 1 aromatic heterocycles. The van der Waals surface area contributed by atoms with Crippen molar-refractivity contribution < 1.29 is 8.42 Å². The van der Waals surface area contributed by atoms with E-state index in [0.29, 0.717) is 19.6 Å². The molecule has 1 aliphatic rings. The standard InChI is InChI=1S/C11H18N2O2S2/c1-2-12-5-8-17(14,15)13-6-3-11-10(9-13)4-7-16-11/h4,7,12H,2-3,5-6,8-9H2,1H3. The summed E-state index contributed by atoms with van der Waals surface area (Å²) in [6, 6.07) is 2.03. The van der Waals surface area contributed by atoms with E-state index in [0.717, 1.165) is 13.0 Å². The fourth-order valence-corrected chi connectivity index (χ4v) is 4.22. The van der Waals surface area contributed by atoms with Gasteiger partial charge < -0.3 is 5.32 Å². The third-order valence-electron chi connectivity index (χ3n) is 2.95. The van der Waals surface area contributed by atoms with Crippen molar-refractivity contribution in [2.45, 2.75) is 19.9 Å². The van der Waals surface area contributed by atoms with Crippen LogP contribution in [0.3, 0.4) is 0 Å². The number of fused-ring (bicyclic) bond motifs is 1. The largest absolute Gasteiger partial charge is 0.316 e. The van der Waals surface area contributed by atoms with Crippen LogP contribution in [-0.4, -0.2) is 38.1 Å². The first kappa shape index (κ1) is 13.0. The first-order chi connectivity index (χ1) is 8.13. The lowest BCUT2D eigenvalue weighted by molar-refractivity contribution is 0.393. The minimum Gasteiger partial charge on any atom is -0.316 e. The molecule has 1 aromatic rings. The Hall–Kier alpha value is -0.430. The Balaban J connectivity index is 2.00. The number of nitrogens with zero attached hydrogens (tertiary/aromatic N) is 1. The predicted octanol–water partition coefficient (Wildman–Crippen LogP) is 1.05. The number of hydrogen-bond donors (Lipinski definition) is 1. The summed E-state index contributed by atoms with van der Waals surface area (Å²) in [4.78, 5) is 1.34. The van der Waals surface area contributed by atoms with Crippen molar-refractivity contribution in [3.63, 3.8) is 0 Å². The zero-order valence-electron chi connectivity index (χ0n) is 9.98. The summed E-state index contributed by atoms with van der Waals surface area (Å²) < 4.78 is 25.8. The zero-order chi connectivity index (χ0) is 12.3. The molecule has 1 aliphatic heterocycles. The normalized spacial score (nSPS) is 17.0. The molecule has 0 bridgehead atoms. The lowest BCUT2D eigenvalue weighted by Crippen LogP contribution is -2.39. The van der Waals surface area contributed by atoms with Gasteiger partial charge in [0, 0.05) is 24.5 Å². The Morgan fingerprint density at radius 2 is 2.35 bits per heavy atom. The van der Waals surface area contributed by atoms with Gasteiger partial charge in [-0.2, -0.15) is 4.31 Å². The van der Waals surface area contributed by atoms with Gasteiger partial charge in [0.25, 0.3) is 0 Å². The van der Waals surface area contributed by atoms with Gasteiger partial charge in [-0.25, -0.2) is 8.42 Å². The first-order valence-corrected chi connectivity index (χ1v) is 8.36. The summed E-state index contributed by atoms with van der Waals surface area (Å²) in [5, 5.41) is 5.09. The van der Waals surface area contributed by atoms with E-state index in [4.69, 9.17) is 0 Å². The van der Waals surface area contributed by atoms with Crippen molar-refractivity contribution in [1.29, 1.82) is 0 Å². The third-order valence-corrected chi connectivity index (χ3v) is 5.79. The lowest BCUT2D eigenvalue weighted by atomic mass is 10.1. The molecule has 0 amide bonds. The summed E-state index contributed by atoms with van der Waals surface area (Å²) in [6.07, 6.45) is 0.855. The van der Waals surface area contributed by atoms with Gasteiger partial charge in [0.15, 0.2) is 0 Å². The molecule has 0 aromatic carbocycles. The van der Waals surface area contributed by atoms with Crippen molar-refractivity contribution in [2.24, 2.45) is 0 Å². The summed E-state index contributed by atoms with van der Waals surface area (Å²) in [5.41, 5.74) is 1.17. The van der Waals surface area contributed by atoms with Crippen LogP contribution in [0.2, 0.25) is 0 Å². The SMILES string of the molecule is CCNCCS(=O)(=O)N1CCc2sccc2C1. The molecule has 1 N–H and O–H groups in total. The molecule has 0 radical (unpaired) electrons. The van der Waals surface area contributed by atoms with E-state index in [2.05, 4.69) is 5.32 Å². The van der Waals surface area contributed by atoms with Crippen molar-refractivity contribution in [3.05, 3.63) is 21.9 Å². The van der Waals surface area contributed by atoms with Crippen LogP contribution in [0.15, 0.2) is 11.4 Å². The van der Waals surface area contributed by atoms with Gasteiger partial charge in [-0.1, -0.05) is 6.92 Å². The van der Waals surface area contributed by atoms with Crippen molar-refractivity contribution >= 4 is 21.4 Å². The molecular formula is C11H18N2O2S2. The van der Waals surface area contributed by atoms with Crippen molar-refractivity contribution in [3.8, 4) is 0 Å². The van der Waals surface area contributed by atoms with Gasteiger partial charge in [0.1, 0.15) is 0 Å². The van der Waals surface area contributed by atoms with Crippen LogP contribution in [0.4, 0.5) is 0 Å². The van der Waals surface area contributed by atoms with Crippen LogP contribution in [0.25, 0.3) is 0 Å². The van der Waals surface area contributed by atoms with E-state index < -0.39 is 10.0 Å². The second kappa shape index (κ2) is 5.48. The van der Waals surface area contributed by atoms with Gasteiger partial charge in [0.2, 0.25) is 10.0 Å². The Bertz CT molecular complexity index is 468. The number of nitrogens with one attached hydrogen (secondary N) is 1. The van der Waals surface area contributed by atoms with Gasteiger partial charge >= 0.3 is 0 Å². The predicted molar refractivity (Wildman–Crippen MR) is 70.8 cm³/mol. The average molecular weight is 274 g/mol. The van der Waals surface area contributed by atoms with E-state index in [-0.39, 0.29) is 5.75 Å². The summed E-state index contributed by atoms with van der Waals surface area (Å²) in [7, 11) is -3.10. The molecule has 6 heteroatoms. The van der Waals surface area contributed by atoms with E-state index in [9.17, 15) is 8.42 Å². The third kappa shape index (κ3) is 3.07. The topological polar surface area (TPSA) is 49.4 Å². The monoisotopic (exact) mass is 274 g/mol. The Morgan fingerprint density at radius 3 is 3.12 bits per heavy atom. The molecule has 0 aliphatic carbocycles. The summed E-state index contributed by atoms with van der Waals surface area (Å²) in [6.45, 7) is 4.50. The molecule has 0 atom stereocenters. The maximum absolute atomic E-state index is 12.1. The van der Waals surface area contributed by atoms with Crippen LogP contribution >= 0.6 is 11.3 Å². The Kier molecular flexibility index (Phi) is 4.19. The minimum atomic E-state index is -3.10. The van der Waals surface area contributed by atoms with Crippen LogP contribution in [-0.2, 0) is 23.0 Å². The highest BCUT2D eigenvalue weighted by molar-refractivity contribution is 7.89. The van der Waals surface area contributed by atoms with E-state index >= 15 is 0 Å². The molecule has 0 spiro atoms. The first-order valence-electron chi connectivity index (χ1n) is 5.87. The summed E-state index contributed by atoms with van der Waals surface area (Å²) >= 11 is 1.73. The van der Waals surface area contributed by atoms with Crippen LogP contribution in [0.1, 0.15) is 17.4 Å². The highest BCUT2D eigenvalue weighted by atomic mass is 32.2. The molecule has 0 unspecified atom stereocenters. The maximum Gasteiger partial charge on any atom is 0.215 e. The van der Waals surface area contributed by atoms with Gasteiger partial charge in [0.05, 0.1) is 5.75 Å².